The van der Waals surface area contributed by atoms with Gasteiger partial charge in [0, 0.05) is 25.1 Å². The number of carbonyl (C=O) groups excluding carboxylic acids is 1. The predicted octanol–water partition coefficient (Wildman–Crippen LogP) is 2.99. The van der Waals surface area contributed by atoms with E-state index in [1.165, 1.54) is 24.8 Å². The van der Waals surface area contributed by atoms with Crippen LogP contribution < -0.4 is 11.1 Å². The highest BCUT2D eigenvalue weighted by Gasteiger charge is 2.40. The second-order valence-corrected chi connectivity index (χ2v) is 7.37. The van der Waals surface area contributed by atoms with E-state index in [0.29, 0.717) is 31.0 Å². The van der Waals surface area contributed by atoms with E-state index in [1.54, 1.807) is 0 Å². The van der Waals surface area contributed by atoms with Crippen LogP contribution >= 0.6 is 0 Å². The molecule has 132 valence electrons. The number of nitrogens with two attached hydrogens (primary N) is 1. The van der Waals surface area contributed by atoms with Crippen LogP contribution in [0.3, 0.4) is 0 Å². The Morgan fingerprint density at radius 2 is 1.79 bits per heavy atom. The van der Waals surface area contributed by atoms with Crippen LogP contribution in [0.5, 0.6) is 0 Å². The van der Waals surface area contributed by atoms with Crippen LogP contribution in [0.1, 0.15) is 50.2 Å². The first-order chi connectivity index (χ1) is 11.7. The van der Waals surface area contributed by atoms with E-state index < -0.39 is 0 Å². The summed E-state index contributed by atoms with van der Waals surface area (Å²) < 4.78 is 5.40. The summed E-state index contributed by atoms with van der Waals surface area (Å²) in [5, 5.41) is 3.12. The van der Waals surface area contributed by atoms with E-state index in [1.807, 2.05) is 6.92 Å². The van der Waals surface area contributed by atoms with Gasteiger partial charge in [-0.15, -0.1) is 0 Å². The van der Waals surface area contributed by atoms with E-state index in [2.05, 4.69) is 29.6 Å². The molecule has 0 aliphatic heterocycles. The van der Waals surface area contributed by atoms with Crippen molar-refractivity contribution in [3.63, 3.8) is 0 Å². The van der Waals surface area contributed by atoms with E-state index in [9.17, 15) is 4.79 Å². The monoisotopic (exact) mass is 330 g/mol. The van der Waals surface area contributed by atoms with Crippen molar-refractivity contribution in [2.75, 3.05) is 6.61 Å². The molecular weight excluding hydrogens is 300 g/mol. The molecule has 2 aliphatic carbocycles. The number of ether oxygens (including phenoxy) is 1. The molecule has 0 saturated heterocycles. The van der Waals surface area contributed by atoms with Crippen LogP contribution in [-0.2, 0) is 22.7 Å². The Morgan fingerprint density at radius 1 is 1.17 bits per heavy atom. The van der Waals surface area contributed by atoms with Gasteiger partial charge in [-0.25, -0.2) is 0 Å². The van der Waals surface area contributed by atoms with Gasteiger partial charge in [0.25, 0.3) is 0 Å². The molecule has 24 heavy (non-hydrogen) atoms. The second-order valence-electron chi connectivity index (χ2n) is 7.37. The molecule has 2 fully saturated rings. The lowest BCUT2D eigenvalue weighted by Gasteiger charge is -2.43. The van der Waals surface area contributed by atoms with Gasteiger partial charge in [-0.2, -0.15) is 0 Å². The van der Waals surface area contributed by atoms with Crippen molar-refractivity contribution in [2.24, 2.45) is 23.5 Å². The molecular formula is C20H30N2O2. The first kappa shape index (κ1) is 17.4. The average molecular weight is 330 g/mol. The third-order valence-corrected chi connectivity index (χ3v) is 5.75. The van der Waals surface area contributed by atoms with Gasteiger partial charge in [0.05, 0.1) is 6.61 Å². The van der Waals surface area contributed by atoms with Gasteiger partial charge in [0.15, 0.2) is 0 Å². The summed E-state index contributed by atoms with van der Waals surface area (Å²) in [5.74, 6) is 1.45. The molecule has 3 N–H and O–H groups in total. The van der Waals surface area contributed by atoms with Gasteiger partial charge in [-0.05, 0) is 55.6 Å². The van der Waals surface area contributed by atoms with E-state index >= 15 is 0 Å². The number of carbonyl (C=O) groups is 1. The number of benzene rings is 1. The molecule has 0 heterocycles. The molecule has 2 saturated carbocycles. The fourth-order valence-corrected chi connectivity index (χ4v) is 4.31. The highest BCUT2D eigenvalue weighted by molar-refractivity contribution is 5.78. The Bertz CT molecular complexity index is 529. The number of nitrogens with one attached hydrogen (secondary N) is 1. The average Bonchev–Trinajstić information content (AvgIpc) is 2.58. The third kappa shape index (κ3) is 4.17. The van der Waals surface area contributed by atoms with Gasteiger partial charge in [-0.3, -0.25) is 4.79 Å². The second kappa shape index (κ2) is 8.13. The lowest BCUT2D eigenvalue weighted by atomic mass is 9.65. The summed E-state index contributed by atoms with van der Waals surface area (Å²) in [6, 6.07) is 8.60. The summed E-state index contributed by atoms with van der Waals surface area (Å²) in [5.41, 5.74) is 8.62. The minimum atomic E-state index is 0.150. The quantitative estimate of drug-likeness (QED) is 0.843. The fourth-order valence-electron chi connectivity index (χ4n) is 4.31. The van der Waals surface area contributed by atoms with Gasteiger partial charge >= 0.3 is 0 Å². The number of rotatable bonds is 6. The highest BCUT2D eigenvalue weighted by atomic mass is 16.5. The zero-order valence-electron chi connectivity index (χ0n) is 14.7. The minimum absolute atomic E-state index is 0.150. The summed E-state index contributed by atoms with van der Waals surface area (Å²) >= 11 is 0. The molecule has 0 radical (unpaired) electrons. The van der Waals surface area contributed by atoms with Crippen molar-refractivity contribution < 1.29 is 9.53 Å². The Kier molecular flexibility index (Phi) is 5.90. The lowest BCUT2D eigenvalue weighted by molar-refractivity contribution is -0.128. The normalized spacial score (nSPS) is 29.2. The van der Waals surface area contributed by atoms with Crippen LogP contribution in [0.2, 0.25) is 0 Å². The maximum absolute atomic E-state index is 12.5. The minimum Gasteiger partial charge on any atom is -0.377 e. The SMILES string of the molecule is CCOCc1ccc(CNC(=O)C2CC3CCCC(C2)C3N)cc1. The molecule has 3 rings (SSSR count). The maximum Gasteiger partial charge on any atom is 0.223 e. The molecule has 4 nitrogen and oxygen atoms in total. The molecule has 2 bridgehead atoms. The molecule has 1 amide bonds. The van der Waals surface area contributed by atoms with Gasteiger partial charge < -0.3 is 15.8 Å². The Labute approximate surface area is 145 Å². The van der Waals surface area contributed by atoms with Crippen molar-refractivity contribution in [2.45, 2.75) is 58.2 Å². The molecule has 0 spiro atoms. The van der Waals surface area contributed by atoms with Gasteiger partial charge in [0.1, 0.15) is 0 Å². The van der Waals surface area contributed by atoms with Crippen LogP contribution in [0.4, 0.5) is 0 Å². The summed E-state index contributed by atoms with van der Waals surface area (Å²) in [6.07, 6.45) is 5.62. The smallest absolute Gasteiger partial charge is 0.223 e. The zero-order chi connectivity index (χ0) is 16.9. The van der Waals surface area contributed by atoms with Crippen LogP contribution in [0.15, 0.2) is 24.3 Å². The molecule has 1 aromatic carbocycles. The largest absolute Gasteiger partial charge is 0.377 e. The predicted molar refractivity (Wildman–Crippen MR) is 95.1 cm³/mol. The summed E-state index contributed by atoms with van der Waals surface area (Å²) in [7, 11) is 0. The summed E-state index contributed by atoms with van der Waals surface area (Å²) in [6.45, 7) is 3.97. The van der Waals surface area contributed by atoms with Crippen molar-refractivity contribution in [3.8, 4) is 0 Å². The van der Waals surface area contributed by atoms with Crippen LogP contribution in [0.25, 0.3) is 0 Å². The van der Waals surface area contributed by atoms with Crippen molar-refractivity contribution >= 4 is 5.91 Å². The van der Waals surface area contributed by atoms with Gasteiger partial charge in [-0.1, -0.05) is 30.7 Å². The number of hydrogen-bond acceptors (Lipinski definition) is 3. The van der Waals surface area contributed by atoms with E-state index in [0.717, 1.165) is 25.0 Å². The Morgan fingerprint density at radius 3 is 2.42 bits per heavy atom. The lowest BCUT2D eigenvalue weighted by Crippen LogP contribution is -2.49. The topological polar surface area (TPSA) is 64.3 Å². The molecule has 1 aromatic rings. The number of amides is 1. The standard InChI is InChI=1S/C20H30N2O2/c1-2-24-13-15-8-6-14(7-9-15)12-22-20(23)18-10-16-4-3-5-17(11-18)19(16)21/h6-9,16-19H,2-5,10-13,21H2,1H3,(H,22,23). The van der Waals surface area contributed by atoms with Crippen LogP contribution in [0, 0.1) is 17.8 Å². The van der Waals surface area contributed by atoms with Crippen molar-refractivity contribution in [1.82, 2.24) is 5.32 Å². The first-order valence-electron chi connectivity index (χ1n) is 9.36. The zero-order valence-corrected chi connectivity index (χ0v) is 14.7. The highest BCUT2D eigenvalue weighted by Crippen LogP contribution is 2.41. The van der Waals surface area contributed by atoms with Crippen molar-refractivity contribution in [1.29, 1.82) is 0 Å². The van der Waals surface area contributed by atoms with E-state index in [-0.39, 0.29) is 11.8 Å². The molecule has 0 aromatic heterocycles. The molecule has 2 aliphatic rings. The summed E-state index contributed by atoms with van der Waals surface area (Å²) in [4.78, 5) is 12.5. The van der Waals surface area contributed by atoms with E-state index in [4.69, 9.17) is 10.5 Å². The van der Waals surface area contributed by atoms with Gasteiger partial charge in [0.2, 0.25) is 5.91 Å². The maximum atomic E-state index is 12.5. The van der Waals surface area contributed by atoms with Crippen LogP contribution in [-0.4, -0.2) is 18.6 Å². The number of hydrogen-bond donors (Lipinski definition) is 2. The molecule has 2 atom stereocenters. The third-order valence-electron chi connectivity index (χ3n) is 5.75. The fraction of sp³-hybridized carbons (Fsp3) is 0.650. The Balaban J connectivity index is 1.48. The van der Waals surface area contributed by atoms with Crippen molar-refractivity contribution in [3.05, 3.63) is 35.4 Å². The number of fused-ring (bicyclic) bond motifs is 2. The Hall–Kier alpha value is -1.39. The molecule has 4 heteroatoms. The molecule has 2 unspecified atom stereocenters. The first-order valence-corrected chi connectivity index (χ1v) is 9.36.